The number of hydrogen-bond donors (Lipinski definition) is 1. The topological polar surface area (TPSA) is 29.1 Å². The summed E-state index contributed by atoms with van der Waals surface area (Å²) in [6, 6.07) is 0. The summed E-state index contributed by atoms with van der Waals surface area (Å²) < 4.78 is 0. The lowest BCUT2D eigenvalue weighted by Gasteiger charge is -2.46. The van der Waals surface area contributed by atoms with Crippen LogP contribution in [0.2, 0.25) is 0 Å². The first-order valence-corrected chi connectivity index (χ1v) is 5.98. The first-order chi connectivity index (χ1) is 6.70. The lowest BCUT2D eigenvalue weighted by Crippen LogP contribution is -2.55. The van der Waals surface area contributed by atoms with E-state index in [1.165, 1.54) is 38.5 Å². The van der Waals surface area contributed by atoms with Gasteiger partial charge < -0.3 is 5.32 Å². The Kier molecular flexibility index (Phi) is 1.71. The molecule has 0 spiro atoms. The zero-order valence-electron chi connectivity index (χ0n) is 8.88. The van der Waals surface area contributed by atoms with Crippen molar-refractivity contribution < 1.29 is 4.79 Å². The van der Waals surface area contributed by atoms with Crippen molar-refractivity contribution in [2.24, 2.45) is 17.8 Å². The molecule has 0 aromatic carbocycles. The van der Waals surface area contributed by atoms with Gasteiger partial charge in [-0.25, -0.2) is 0 Å². The number of fused-ring (bicyclic) bond motifs is 1. The molecule has 0 heterocycles. The van der Waals surface area contributed by atoms with Crippen LogP contribution in [0, 0.1) is 17.8 Å². The van der Waals surface area contributed by atoms with Gasteiger partial charge in [0.15, 0.2) is 0 Å². The highest BCUT2D eigenvalue weighted by molar-refractivity contribution is 5.74. The Balaban J connectivity index is 1.87. The van der Waals surface area contributed by atoms with Gasteiger partial charge in [0.05, 0.1) is 0 Å². The Labute approximate surface area is 85.4 Å². The molecular weight excluding hydrogens is 174 g/mol. The zero-order chi connectivity index (χ0) is 9.76. The molecule has 2 bridgehead atoms. The fourth-order valence-corrected chi connectivity index (χ4v) is 4.59. The number of nitrogens with one attached hydrogen (secondary N) is 1. The minimum atomic E-state index is 0.179. The highest BCUT2D eigenvalue weighted by Crippen LogP contribution is 2.59. The maximum absolute atomic E-state index is 11.3. The van der Waals surface area contributed by atoms with E-state index in [9.17, 15) is 4.79 Å². The monoisotopic (exact) mass is 193 g/mol. The van der Waals surface area contributed by atoms with Crippen LogP contribution in [-0.4, -0.2) is 11.4 Å². The molecule has 2 nitrogen and oxygen atoms in total. The van der Waals surface area contributed by atoms with E-state index < -0.39 is 0 Å². The molecule has 78 valence electrons. The van der Waals surface area contributed by atoms with Crippen molar-refractivity contribution in [3.8, 4) is 0 Å². The summed E-state index contributed by atoms with van der Waals surface area (Å²) in [4.78, 5) is 11.3. The van der Waals surface area contributed by atoms with Gasteiger partial charge in [-0.2, -0.15) is 0 Å². The first-order valence-electron chi connectivity index (χ1n) is 5.98. The summed E-state index contributed by atoms with van der Waals surface area (Å²) in [5, 5.41) is 3.28. The minimum Gasteiger partial charge on any atom is -0.351 e. The fraction of sp³-hybridized carbons (Fsp3) is 0.917. The Hall–Kier alpha value is -0.530. The fourth-order valence-electron chi connectivity index (χ4n) is 4.59. The van der Waals surface area contributed by atoms with Gasteiger partial charge in [-0.3, -0.25) is 4.79 Å². The lowest BCUT2D eigenvalue weighted by molar-refractivity contribution is -0.122. The van der Waals surface area contributed by atoms with Crippen molar-refractivity contribution >= 4 is 5.91 Å². The molecular formula is C12H19NO. The highest BCUT2D eigenvalue weighted by atomic mass is 16.1. The van der Waals surface area contributed by atoms with Crippen molar-refractivity contribution in [2.45, 2.75) is 51.0 Å². The molecule has 0 radical (unpaired) electrons. The Morgan fingerprint density at radius 3 is 3.00 bits per heavy atom. The van der Waals surface area contributed by atoms with Crippen molar-refractivity contribution in [3.05, 3.63) is 0 Å². The van der Waals surface area contributed by atoms with Gasteiger partial charge in [0.25, 0.3) is 0 Å². The largest absolute Gasteiger partial charge is 0.351 e. The molecule has 4 unspecified atom stereocenters. The summed E-state index contributed by atoms with van der Waals surface area (Å²) >= 11 is 0. The maximum atomic E-state index is 11.3. The highest BCUT2D eigenvalue weighted by Gasteiger charge is 2.57. The number of amides is 1. The minimum absolute atomic E-state index is 0.179. The first kappa shape index (κ1) is 8.75. The normalized spacial score (nSPS) is 49.4. The Morgan fingerprint density at radius 1 is 1.43 bits per heavy atom. The van der Waals surface area contributed by atoms with Gasteiger partial charge >= 0.3 is 0 Å². The summed E-state index contributed by atoms with van der Waals surface area (Å²) in [6.45, 7) is 1.67. The molecule has 3 aliphatic carbocycles. The molecule has 1 amide bonds. The molecule has 3 rings (SSSR count). The molecule has 3 aliphatic rings. The van der Waals surface area contributed by atoms with Crippen LogP contribution in [0.1, 0.15) is 45.4 Å². The predicted octanol–water partition coefficient (Wildman–Crippen LogP) is 2.09. The van der Waals surface area contributed by atoms with Crippen LogP contribution in [-0.2, 0) is 4.79 Å². The standard InChI is InChI=1S/C12H19NO/c1-8(14)13-12-4-2-3-10-5-9(7-12)6-11(10)12/h9-11H,2-7H2,1H3,(H,13,14). The van der Waals surface area contributed by atoms with Gasteiger partial charge in [-0.05, 0) is 49.9 Å². The zero-order valence-corrected chi connectivity index (χ0v) is 8.88. The molecule has 2 heteroatoms. The summed E-state index contributed by atoms with van der Waals surface area (Å²) in [5.41, 5.74) is 0.234. The van der Waals surface area contributed by atoms with Crippen LogP contribution < -0.4 is 5.32 Å². The van der Waals surface area contributed by atoms with E-state index in [4.69, 9.17) is 0 Å². The van der Waals surface area contributed by atoms with Gasteiger partial charge in [-0.15, -0.1) is 0 Å². The number of carbonyl (C=O) groups excluding carboxylic acids is 1. The quantitative estimate of drug-likeness (QED) is 0.679. The molecule has 3 saturated carbocycles. The van der Waals surface area contributed by atoms with Crippen LogP contribution in [0.15, 0.2) is 0 Å². The number of carbonyl (C=O) groups is 1. The van der Waals surface area contributed by atoms with E-state index in [2.05, 4.69) is 5.32 Å². The predicted molar refractivity (Wildman–Crippen MR) is 54.7 cm³/mol. The van der Waals surface area contributed by atoms with E-state index >= 15 is 0 Å². The summed E-state index contributed by atoms with van der Waals surface area (Å²) in [7, 11) is 0. The molecule has 14 heavy (non-hydrogen) atoms. The van der Waals surface area contributed by atoms with Crippen LogP contribution in [0.3, 0.4) is 0 Å². The van der Waals surface area contributed by atoms with Crippen molar-refractivity contribution in [3.63, 3.8) is 0 Å². The van der Waals surface area contributed by atoms with Gasteiger partial charge in [0, 0.05) is 12.5 Å². The van der Waals surface area contributed by atoms with E-state index in [0.717, 1.165) is 17.8 Å². The summed E-state index contributed by atoms with van der Waals surface area (Å²) in [5.74, 6) is 2.87. The molecule has 0 aromatic rings. The molecule has 4 atom stereocenters. The maximum Gasteiger partial charge on any atom is 0.217 e. The molecule has 0 aromatic heterocycles. The average Bonchev–Trinajstić information content (AvgIpc) is 2.57. The SMILES string of the molecule is CC(=O)NC12CCCC3CC(CC31)C2. The number of rotatable bonds is 1. The molecule has 0 aliphatic heterocycles. The second-order valence-electron chi connectivity index (χ2n) is 5.64. The van der Waals surface area contributed by atoms with Crippen LogP contribution in [0.4, 0.5) is 0 Å². The molecule has 1 N–H and O–H groups in total. The van der Waals surface area contributed by atoms with Crippen molar-refractivity contribution in [2.75, 3.05) is 0 Å². The van der Waals surface area contributed by atoms with E-state index in [0.29, 0.717) is 0 Å². The van der Waals surface area contributed by atoms with Crippen molar-refractivity contribution in [1.29, 1.82) is 0 Å². The van der Waals surface area contributed by atoms with Crippen molar-refractivity contribution in [1.82, 2.24) is 5.32 Å². The third kappa shape index (κ3) is 1.06. The Morgan fingerprint density at radius 2 is 2.29 bits per heavy atom. The third-order valence-corrected chi connectivity index (χ3v) is 4.78. The number of hydrogen-bond acceptors (Lipinski definition) is 1. The smallest absolute Gasteiger partial charge is 0.217 e. The van der Waals surface area contributed by atoms with E-state index in [1.807, 2.05) is 0 Å². The second kappa shape index (κ2) is 2.74. The Bertz CT molecular complexity index is 275. The van der Waals surface area contributed by atoms with Gasteiger partial charge in [0.2, 0.25) is 5.91 Å². The van der Waals surface area contributed by atoms with Gasteiger partial charge in [0.1, 0.15) is 0 Å². The summed E-state index contributed by atoms with van der Waals surface area (Å²) in [6.07, 6.45) is 8.10. The van der Waals surface area contributed by atoms with E-state index in [1.54, 1.807) is 6.92 Å². The molecule has 0 saturated heterocycles. The second-order valence-corrected chi connectivity index (χ2v) is 5.64. The van der Waals surface area contributed by atoms with Gasteiger partial charge in [-0.1, -0.05) is 6.42 Å². The van der Waals surface area contributed by atoms with Crippen LogP contribution in [0.5, 0.6) is 0 Å². The van der Waals surface area contributed by atoms with Crippen LogP contribution >= 0.6 is 0 Å². The van der Waals surface area contributed by atoms with E-state index in [-0.39, 0.29) is 11.4 Å². The molecule has 3 fully saturated rings. The lowest BCUT2D eigenvalue weighted by atomic mass is 9.66. The third-order valence-electron chi connectivity index (χ3n) is 4.78. The van der Waals surface area contributed by atoms with Crippen LogP contribution in [0.25, 0.3) is 0 Å². The average molecular weight is 193 g/mol.